The number of hydrogen-bond donors (Lipinski definition) is 1. The van der Waals surface area contributed by atoms with Crippen molar-refractivity contribution in [3.8, 4) is 0 Å². The number of carboxylic acid groups (broad SMARTS) is 1. The second kappa shape index (κ2) is 4.68. The van der Waals surface area contributed by atoms with E-state index in [1.54, 1.807) is 0 Å². The van der Waals surface area contributed by atoms with Gasteiger partial charge in [0.25, 0.3) is 0 Å². The zero-order chi connectivity index (χ0) is 13.3. The molecule has 0 aliphatic rings. The van der Waals surface area contributed by atoms with Crippen molar-refractivity contribution in [1.82, 2.24) is 4.57 Å². The normalized spacial score (nSPS) is 11.3. The Kier molecular flexibility index (Phi) is 3.23. The maximum Gasteiger partial charge on any atom is 0.419 e. The number of fused-ring (bicyclic) bond motifs is 1. The maximum atomic E-state index is 11.7. The lowest BCUT2D eigenvalue weighted by Crippen LogP contribution is -2.15. The standard InChI is InChI=1S/C13H15NO4/c1-8(2)5-6-14-10-7-9(12(15)16)3-4-11(10)18-13(14)17/h3-4,7-8H,5-6H2,1-2H3,(H,15,16). The van der Waals surface area contributed by atoms with Crippen LogP contribution in [0.3, 0.4) is 0 Å². The third kappa shape index (κ3) is 2.30. The first-order chi connectivity index (χ1) is 8.49. The Morgan fingerprint density at radius 1 is 1.44 bits per heavy atom. The largest absolute Gasteiger partial charge is 0.478 e. The molecule has 0 radical (unpaired) electrons. The van der Waals surface area contributed by atoms with E-state index in [4.69, 9.17) is 9.52 Å². The van der Waals surface area contributed by atoms with Crippen LogP contribution in [-0.2, 0) is 6.54 Å². The van der Waals surface area contributed by atoms with Crippen molar-refractivity contribution in [2.75, 3.05) is 0 Å². The average Bonchev–Trinajstić information content (AvgIpc) is 2.60. The van der Waals surface area contributed by atoms with Crippen LogP contribution in [0, 0.1) is 5.92 Å². The van der Waals surface area contributed by atoms with Crippen LogP contribution < -0.4 is 5.76 Å². The molecule has 1 N–H and O–H groups in total. The number of rotatable bonds is 4. The number of aromatic nitrogens is 1. The molecule has 0 saturated heterocycles. The van der Waals surface area contributed by atoms with Crippen molar-refractivity contribution in [3.63, 3.8) is 0 Å². The molecule has 0 aliphatic heterocycles. The lowest BCUT2D eigenvalue weighted by atomic mass is 10.1. The number of aromatic carboxylic acids is 1. The molecule has 0 bridgehead atoms. The molecule has 0 spiro atoms. The van der Waals surface area contributed by atoms with E-state index in [0.717, 1.165) is 6.42 Å². The van der Waals surface area contributed by atoms with Crippen molar-refractivity contribution in [2.24, 2.45) is 5.92 Å². The maximum absolute atomic E-state index is 11.7. The van der Waals surface area contributed by atoms with E-state index in [0.29, 0.717) is 23.6 Å². The first-order valence-corrected chi connectivity index (χ1v) is 5.85. The highest BCUT2D eigenvalue weighted by molar-refractivity contribution is 5.91. The van der Waals surface area contributed by atoms with E-state index in [1.165, 1.54) is 22.8 Å². The van der Waals surface area contributed by atoms with Crippen LogP contribution >= 0.6 is 0 Å². The van der Waals surface area contributed by atoms with E-state index < -0.39 is 11.7 Å². The van der Waals surface area contributed by atoms with E-state index in [9.17, 15) is 9.59 Å². The van der Waals surface area contributed by atoms with Crippen molar-refractivity contribution in [2.45, 2.75) is 26.8 Å². The van der Waals surface area contributed by atoms with Crippen LogP contribution in [0.15, 0.2) is 27.4 Å². The molecule has 1 aromatic heterocycles. The van der Waals surface area contributed by atoms with Crippen molar-refractivity contribution in [1.29, 1.82) is 0 Å². The molecule has 2 rings (SSSR count). The van der Waals surface area contributed by atoms with Crippen molar-refractivity contribution >= 4 is 17.1 Å². The van der Waals surface area contributed by atoms with Gasteiger partial charge in [-0.15, -0.1) is 0 Å². The number of hydrogen-bond acceptors (Lipinski definition) is 3. The van der Waals surface area contributed by atoms with E-state index in [1.807, 2.05) is 0 Å². The van der Waals surface area contributed by atoms with Gasteiger partial charge in [-0.2, -0.15) is 0 Å². The third-order valence-electron chi connectivity index (χ3n) is 2.84. The molecule has 0 unspecified atom stereocenters. The summed E-state index contributed by atoms with van der Waals surface area (Å²) >= 11 is 0. The van der Waals surface area contributed by atoms with Gasteiger partial charge in [0.2, 0.25) is 0 Å². The minimum Gasteiger partial charge on any atom is -0.478 e. The summed E-state index contributed by atoms with van der Waals surface area (Å²) in [6, 6.07) is 4.43. The topological polar surface area (TPSA) is 72.4 Å². The van der Waals surface area contributed by atoms with Crippen LogP contribution in [0.2, 0.25) is 0 Å². The Morgan fingerprint density at radius 2 is 2.17 bits per heavy atom. The Hall–Kier alpha value is -2.04. The van der Waals surface area contributed by atoms with Gasteiger partial charge in [-0.25, -0.2) is 9.59 Å². The second-order valence-corrected chi connectivity index (χ2v) is 4.69. The molecule has 0 fully saturated rings. The van der Waals surface area contributed by atoms with Gasteiger partial charge in [-0.1, -0.05) is 13.8 Å². The molecule has 96 valence electrons. The van der Waals surface area contributed by atoms with Crippen LogP contribution in [0.25, 0.3) is 11.1 Å². The van der Waals surface area contributed by atoms with Crippen molar-refractivity contribution < 1.29 is 14.3 Å². The van der Waals surface area contributed by atoms with Gasteiger partial charge in [-0.05, 0) is 30.5 Å². The predicted octanol–water partition coefficient (Wildman–Crippen LogP) is 2.34. The summed E-state index contributed by atoms with van der Waals surface area (Å²) in [5.41, 5.74) is 1.12. The van der Waals surface area contributed by atoms with Gasteiger partial charge in [0.15, 0.2) is 5.58 Å². The molecule has 0 amide bonds. The smallest absolute Gasteiger partial charge is 0.419 e. The zero-order valence-corrected chi connectivity index (χ0v) is 10.3. The lowest BCUT2D eigenvalue weighted by molar-refractivity contribution is 0.0697. The summed E-state index contributed by atoms with van der Waals surface area (Å²) in [6.07, 6.45) is 0.839. The Labute approximate surface area is 104 Å². The molecule has 0 aliphatic carbocycles. The summed E-state index contributed by atoms with van der Waals surface area (Å²) in [4.78, 5) is 22.6. The van der Waals surface area contributed by atoms with E-state index in [2.05, 4.69) is 13.8 Å². The van der Waals surface area contributed by atoms with Gasteiger partial charge in [-0.3, -0.25) is 4.57 Å². The lowest BCUT2D eigenvalue weighted by Gasteiger charge is -2.05. The minimum atomic E-state index is -1.01. The molecule has 2 aromatic rings. The fraction of sp³-hybridized carbons (Fsp3) is 0.385. The zero-order valence-electron chi connectivity index (χ0n) is 10.3. The monoisotopic (exact) mass is 249 g/mol. The number of carbonyl (C=O) groups is 1. The molecule has 0 atom stereocenters. The number of carboxylic acids is 1. The van der Waals surface area contributed by atoms with Gasteiger partial charge in [0.1, 0.15) is 0 Å². The highest BCUT2D eigenvalue weighted by Gasteiger charge is 2.12. The minimum absolute atomic E-state index is 0.154. The first-order valence-electron chi connectivity index (χ1n) is 5.85. The van der Waals surface area contributed by atoms with Gasteiger partial charge < -0.3 is 9.52 Å². The number of aryl methyl sites for hydroxylation is 1. The molecular formula is C13H15NO4. The van der Waals surface area contributed by atoms with Gasteiger partial charge in [0.05, 0.1) is 11.1 Å². The van der Waals surface area contributed by atoms with Crippen LogP contribution in [-0.4, -0.2) is 15.6 Å². The quantitative estimate of drug-likeness (QED) is 0.902. The van der Waals surface area contributed by atoms with Crippen LogP contribution in [0.5, 0.6) is 0 Å². The second-order valence-electron chi connectivity index (χ2n) is 4.69. The van der Waals surface area contributed by atoms with E-state index >= 15 is 0 Å². The van der Waals surface area contributed by atoms with Gasteiger partial charge in [0, 0.05) is 6.54 Å². The Morgan fingerprint density at radius 3 is 2.78 bits per heavy atom. The summed E-state index contributed by atoms with van der Waals surface area (Å²) in [5, 5.41) is 8.94. The Bertz CT molecular complexity index is 636. The van der Waals surface area contributed by atoms with Gasteiger partial charge >= 0.3 is 11.7 Å². The molecule has 1 aromatic carbocycles. The predicted molar refractivity (Wildman–Crippen MR) is 66.9 cm³/mol. The summed E-state index contributed by atoms with van der Waals surface area (Å²) in [6.45, 7) is 4.67. The number of benzene rings is 1. The van der Waals surface area contributed by atoms with E-state index in [-0.39, 0.29) is 5.56 Å². The fourth-order valence-corrected chi connectivity index (χ4v) is 1.79. The number of nitrogens with zero attached hydrogens (tertiary/aromatic N) is 1. The molecular weight excluding hydrogens is 234 g/mol. The highest BCUT2D eigenvalue weighted by Crippen LogP contribution is 2.16. The molecule has 0 saturated carbocycles. The number of oxazole rings is 1. The molecule has 5 nitrogen and oxygen atoms in total. The fourth-order valence-electron chi connectivity index (χ4n) is 1.79. The summed E-state index contributed by atoms with van der Waals surface area (Å²) in [7, 11) is 0. The highest BCUT2D eigenvalue weighted by atomic mass is 16.4. The Balaban J connectivity index is 2.50. The summed E-state index contributed by atoms with van der Waals surface area (Å²) < 4.78 is 6.57. The first kappa shape index (κ1) is 12.4. The molecule has 5 heteroatoms. The average molecular weight is 249 g/mol. The van der Waals surface area contributed by atoms with Crippen LogP contribution in [0.1, 0.15) is 30.6 Å². The van der Waals surface area contributed by atoms with Crippen LogP contribution in [0.4, 0.5) is 0 Å². The SMILES string of the molecule is CC(C)CCn1c(=O)oc2ccc(C(=O)O)cc21. The molecule has 1 heterocycles. The molecule has 18 heavy (non-hydrogen) atoms. The third-order valence-corrected chi connectivity index (χ3v) is 2.84. The summed E-state index contributed by atoms with van der Waals surface area (Å²) in [5.74, 6) is -0.987. The van der Waals surface area contributed by atoms with Crippen molar-refractivity contribution in [3.05, 3.63) is 34.3 Å².